The fourth-order valence-corrected chi connectivity index (χ4v) is 0.832. The van der Waals surface area contributed by atoms with Crippen molar-refractivity contribution in [1.29, 1.82) is 0 Å². The Morgan fingerprint density at radius 2 is 2.36 bits per heavy atom. The maximum Gasteiger partial charge on any atom is 0.123 e. The van der Waals surface area contributed by atoms with Gasteiger partial charge in [0, 0.05) is 0 Å². The van der Waals surface area contributed by atoms with Crippen LogP contribution in [0.2, 0.25) is 0 Å². The minimum absolute atomic E-state index is 0.200. The highest BCUT2D eigenvalue weighted by Gasteiger charge is 1.91. The van der Waals surface area contributed by atoms with E-state index >= 15 is 0 Å². The normalized spacial score (nSPS) is 10.7. The second-order valence-electron chi connectivity index (χ2n) is 2.23. The summed E-state index contributed by atoms with van der Waals surface area (Å²) < 4.78 is 12.5. The van der Waals surface area contributed by atoms with E-state index in [0.29, 0.717) is 6.54 Å². The van der Waals surface area contributed by atoms with Crippen LogP contribution >= 0.6 is 0 Å². The predicted molar refractivity (Wildman–Crippen MR) is 44.3 cm³/mol. The molecule has 0 N–H and O–H groups in total. The molecule has 0 aromatic heterocycles. The van der Waals surface area contributed by atoms with Crippen LogP contribution in [0.15, 0.2) is 29.3 Å². The molecule has 2 heteroatoms. The molecule has 11 heavy (non-hydrogen) atoms. The molecule has 0 saturated heterocycles. The van der Waals surface area contributed by atoms with E-state index in [1.54, 1.807) is 12.3 Å². The van der Waals surface area contributed by atoms with Gasteiger partial charge in [-0.15, -0.1) is 0 Å². The van der Waals surface area contributed by atoms with Crippen LogP contribution in [-0.2, 0) is 6.54 Å². The molecule has 0 aliphatic heterocycles. The van der Waals surface area contributed by atoms with E-state index in [1.807, 2.05) is 13.0 Å². The number of nitrogens with zero attached hydrogens (tertiary/aromatic N) is 1. The van der Waals surface area contributed by atoms with E-state index in [4.69, 9.17) is 0 Å². The standard InChI is InChI=1S/C9H10FN/c1-2-11-7-8-4-3-5-9(10)6-8/h2-6H,7H2,1H3. The average Bonchev–Trinajstić information content (AvgIpc) is 2.01. The van der Waals surface area contributed by atoms with Gasteiger partial charge in [0.1, 0.15) is 5.82 Å². The van der Waals surface area contributed by atoms with Crippen molar-refractivity contribution in [2.45, 2.75) is 13.5 Å². The van der Waals surface area contributed by atoms with Gasteiger partial charge in [-0.1, -0.05) is 12.1 Å². The summed E-state index contributed by atoms with van der Waals surface area (Å²) in [4.78, 5) is 3.99. The van der Waals surface area contributed by atoms with Crippen molar-refractivity contribution >= 4 is 6.21 Å². The lowest BCUT2D eigenvalue weighted by Crippen LogP contribution is -1.82. The van der Waals surface area contributed by atoms with Gasteiger partial charge in [0.2, 0.25) is 0 Å². The highest BCUT2D eigenvalue weighted by molar-refractivity contribution is 5.53. The molecule has 0 fully saturated rings. The first-order chi connectivity index (χ1) is 5.33. The molecule has 1 aromatic rings. The highest BCUT2D eigenvalue weighted by Crippen LogP contribution is 2.03. The Morgan fingerprint density at radius 3 is 3.00 bits per heavy atom. The second-order valence-corrected chi connectivity index (χ2v) is 2.23. The largest absolute Gasteiger partial charge is 0.293 e. The Balaban J connectivity index is 2.71. The molecule has 0 atom stereocenters. The first-order valence-corrected chi connectivity index (χ1v) is 3.52. The van der Waals surface area contributed by atoms with Crippen molar-refractivity contribution in [2.24, 2.45) is 4.99 Å². The number of aliphatic imine (C=N–C) groups is 1. The Kier molecular flexibility index (Phi) is 2.78. The average molecular weight is 151 g/mol. The van der Waals surface area contributed by atoms with Crippen LogP contribution in [0.3, 0.4) is 0 Å². The molecule has 1 rings (SSSR count). The Bertz CT molecular complexity index is 255. The van der Waals surface area contributed by atoms with Crippen LogP contribution in [0.4, 0.5) is 4.39 Å². The van der Waals surface area contributed by atoms with Crippen LogP contribution < -0.4 is 0 Å². The summed E-state index contributed by atoms with van der Waals surface area (Å²) in [6.07, 6.45) is 1.71. The quantitative estimate of drug-likeness (QED) is 0.575. The zero-order valence-electron chi connectivity index (χ0n) is 6.42. The van der Waals surface area contributed by atoms with Gasteiger partial charge in [-0.3, -0.25) is 4.99 Å². The third kappa shape index (κ3) is 2.50. The molecular weight excluding hydrogens is 141 g/mol. The lowest BCUT2D eigenvalue weighted by Gasteiger charge is -1.94. The Labute approximate surface area is 65.6 Å². The van der Waals surface area contributed by atoms with Gasteiger partial charge < -0.3 is 0 Å². The minimum Gasteiger partial charge on any atom is -0.293 e. The molecule has 1 aromatic carbocycles. The summed E-state index contributed by atoms with van der Waals surface area (Å²) in [5, 5.41) is 0. The SMILES string of the molecule is CC=NCc1cccc(F)c1. The van der Waals surface area contributed by atoms with Crippen molar-refractivity contribution in [3.8, 4) is 0 Å². The fourth-order valence-electron chi connectivity index (χ4n) is 0.832. The van der Waals surface area contributed by atoms with E-state index in [1.165, 1.54) is 12.1 Å². The molecule has 0 aliphatic carbocycles. The molecule has 0 spiro atoms. The molecule has 0 aliphatic rings. The lowest BCUT2D eigenvalue weighted by atomic mass is 10.2. The maximum absolute atomic E-state index is 12.5. The van der Waals surface area contributed by atoms with Crippen LogP contribution in [-0.4, -0.2) is 6.21 Å². The monoisotopic (exact) mass is 151 g/mol. The summed E-state index contributed by atoms with van der Waals surface area (Å²) in [5.41, 5.74) is 0.906. The number of halogens is 1. The molecule has 0 radical (unpaired) electrons. The topological polar surface area (TPSA) is 12.4 Å². The minimum atomic E-state index is -0.200. The van der Waals surface area contributed by atoms with Crippen molar-refractivity contribution in [3.63, 3.8) is 0 Å². The van der Waals surface area contributed by atoms with Gasteiger partial charge in [0.15, 0.2) is 0 Å². The van der Waals surface area contributed by atoms with E-state index < -0.39 is 0 Å². The molecule has 0 saturated carbocycles. The highest BCUT2D eigenvalue weighted by atomic mass is 19.1. The van der Waals surface area contributed by atoms with Crippen molar-refractivity contribution < 1.29 is 4.39 Å². The number of benzene rings is 1. The van der Waals surface area contributed by atoms with E-state index in [-0.39, 0.29) is 5.82 Å². The van der Waals surface area contributed by atoms with E-state index in [2.05, 4.69) is 4.99 Å². The Morgan fingerprint density at radius 1 is 1.55 bits per heavy atom. The van der Waals surface area contributed by atoms with Gasteiger partial charge in [0.05, 0.1) is 6.54 Å². The van der Waals surface area contributed by atoms with Crippen molar-refractivity contribution in [2.75, 3.05) is 0 Å². The summed E-state index contributed by atoms with van der Waals surface area (Å²) in [5.74, 6) is -0.200. The second kappa shape index (κ2) is 3.86. The van der Waals surface area contributed by atoms with E-state index in [9.17, 15) is 4.39 Å². The maximum atomic E-state index is 12.5. The summed E-state index contributed by atoms with van der Waals surface area (Å²) >= 11 is 0. The summed E-state index contributed by atoms with van der Waals surface area (Å²) in [7, 11) is 0. The number of hydrogen-bond acceptors (Lipinski definition) is 1. The zero-order valence-corrected chi connectivity index (χ0v) is 6.42. The third-order valence-corrected chi connectivity index (χ3v) is 1.35. The van der Waals surface area contributed by atoms with Gasteiger partial charge in [-0.2, -0.15) is 0 Å². The molecule has 0 bridgehead atoms. The van der Waals surface area contributed by atoms with Gasteiger partial charge in [0.25, 0.3) is 0 Å². The molecule has 0 amide bonds. The van der Waals surface area contributed by atoms with E-state index in [0.717, 1.165) is 5.56 Å². The Hall–Kier alpha value is -1.18. The van der Waals surface area contributed by atoms with Crippen LogP contribution in [0.1, 0.15) is 12.5 Å². The van der Waals surface area contributed by atoms with Crippen molar-refractivity contribution in [1.82, 2.24) is 0 Å². The molecule has 1 nitrogen and oxygen atoms in total. The number of rotatable bonds is 2. The van der Waals surface area contributed by atoms with Gasteiger partial charge >= 0.3 is 0 Å². The van der Waals surface area contributed by atoms with Crippen molar-refractivity contribution in [3.05, 3.63) is 35.6 Å². The van der Waals surface area contributed by atoms with Crippen LogP contribution in [0, 0.1) is 5.82 Å². The number of hydrogen-bond donors (Lipinski definition) is 0. The summed E-state index contributed by atoms with van der Waals surface area (Å²) in [6, 6.07) is 6.47. The molecular formula is C9H10FN. The molecule has 58 valence electrons. The smallest absolute Gasteiger partial charge is 0.123 e. The predicted octanol–water partition coefficient (Wildman–Crippen LogP) is 2.42. The third-order valence-electron chi connectivity index (χ3n) is 1.35. The van der Waals surface area contributed by atoms with Gasteiger partial charge in [-0.25, -0.2) is 4.39 Å². The molecule has 0 unspecified atom stereocenters. The molecule has 0 heterocycles. The van der Waals surface area contributed by atoms with Crippen LogP contribution in [0.25, 0.3) is 0 Å². The first kappa shape index (κ1) is 7.92. The fraction of sp³-hybridized carbons (Fsp3) is 0.222. The first-order valence-electron chi connectivity index (χ1n) is 3.52. The zero-order chi connectivity index (χ0) is 8.10. The summed E-state index contributed by atoms with van der Waals surface area (Å²) in [6.45, 7) is 2.41. The van der Waals surface area contributed by atoms with Gasteiger partial charge in [-0.05, 0) is 30.8 Å². The lowest BCUT2D eigenvalue weighted by molar-refractivity contribution is 0.625. The van der Waals surface area contributed by atoms with Crippen LogP contribution in [0.5, 0.6) is 0 Å².